The van der Waals surface area contributed by atoms with Crippen LogP contribution in [0.2, 0.25) is 0 Å². The zero-order valence-corrected chi connectivity index (χ0v) is 21.7. The summed E-state index contributed by atoms with van der Waals surface area (Å²) in [4.78, 5) is 34.3. The Labute approximate surface area is 225 Å². The maximum atomic E-state index is 14.1. The molecule has 7 nitrogen and oxygen atoms in total. The first kappa shape index (κ1) is 26.8. The molecule has 1 saturated heterocycles. The van der Waals surface area contributed by atoms with Gasteiger partial charge in [-0.1, -0.05) is 66.7 Å². The highest BCUT2D eigenvalue weighted by Crippen LogP contribution is 2.49. The summed E-state index contributed by atoms with van der Waals surface area (Å²) in [5, 5.41) is 21.6. The average Bonchev–Trinajstić information content (AvgIpc) is 2.92. The Hall–Kier alpha value is -3.81. The number of hydrogen-bond donors (Lipinski definition) is 4. The molecule has 0 spiro atoms. The third-order valence-corrected chi connectivity index (χ3v) is 8.13. The van der Waals surface area contributed by atoms with E-state index in [4.69, 9.17) is 0 Å². The van der Waals surface area contributed by atoms with Gasteiger partial charge in [0.2, 0.25) is 5.91 Å². The van der Waals surface area contributed by atoms with Gasteiger partial charge in [-0.3, -0.25) is 9.36 Å². The predicted molar refractivity (Wildman–Crippen MR) is 146 cm³/mol. The molecule has 5 rings (SSSR count). The summed E-state index contributed by atoms with van der Waals surface area (Å²) in [7, 11) is -4.57. The van der Waals surface area contributed by atoms with Crippen molar-refractivity contribution >= 4 is 24.5 Å². The monoisotopic (exact) mass is 547 g/mol. The molecule has 0 saturated carbocycles. The second-order valence-corrected chi connectivity index (χ2v) is 11.1. The number of aliphatic hydroxyl groups excluding tert-OH is 1. The lowest BCUT2D eigenvalue weighted by molar-refractivity contribution is -0.131. The molecule has 39 heavy (non-hydrogen) atoms. The van der Waals surface area contributed by atoms with Gasteiger partial charge < -0.3 is 24.9 Å². The summed E-state index contributed by atoms with van der Waals surface area (Å²) >= 11 is 0. The van der Waals surface area contributed by atoms with Gasteiger partial charge in [0.15, 0.2) is 0 Å². The van der Waals surface area contributed by atoms with Crippen molar-refractivity contribution in [2.75, 3.05) is 4.90 Å². The van der Waals surface area contributed by atoms with E-state index in [1.165, 1.54) is 41.3 Å². The topological polar surface area (TPSA) is 118 Å². The molecule has 1 amide bonds. The number of nitrogens with zero attached hydrogens (tertiary/aromatic N) is 1. The van der Waals surface area contributed by atoms with Crippen LogP contribution in [0.1, 0.15) is 36.1 Å². The molecule has 1 fully saturated rings. The van der Waals surface area contributed by atoms with Crippen molar-refractivity contribution in [3.05, 3.63) is 114 Å². The number of anilines is 1. The van der Waals surface area contributed by atoms with Crippen LogP contribution in [0, 0.1) is 11.7 Å². The lowest BCUT2D eigenvalue weighted by Crippen LogP contribution is -2.55. The minimum absolute atomic E-state index is 0.162. The molecule has 0 aliphatic carbocycles. The van der Waals surface area contributed by atoms with E-state index in [1.54, 1.807) is 30.3 Å². The summed E-state index contributed by atoms with van der Waals surface area (Å²) in [5.41, 5.74) is 2.17. The van der Waals surface area contributed by atoms with Gasteiger partial charge in [0.25, 0.3) is 0 Å². The van der Waals surface area contributed by atoms with Crippen molar-refractivity contribution in [2.45, 2.75) is 25.0 Å². The van der Waals surface area contributed by atoms with Crippen molar-refractivity contribution in [3.8, 4) is 16.9 Å². The van der Waals surface area contributed by atoms with Crippen LogP contribution in [-0.2, 0) is 9.36 Å². The predicted octanol–water partition coefficient (Wildman–Crippen LogP) is 5.22. The number of carbonyl (C=O) groups is 1. The lowest BCUT2D eigenvalue weighted by atomic mass is 9.77. The highest BCUT2D eigenvalue weighted by atomic mass is 31.2. The van der Waals surface area contributed by atoms with Crippen LogP contribution < -0.4 is 10.2 Å². The Balaban J connectivity index is 1.49. The summed E-state index contributed by atoms with van der Waals surface area (Å²) < 4.78 is 26.1. The van der Waals surface area contributed by atoms with Gasteiger partial charge in [0.05, 0.1) is 23.4 Å². The first-order chi connectivity index (χ1) is 18.6. The van der Waals surface area contributed by atoms with E-state index in [9.17, 15) is 33.7 Å². The van der Waals surface area contributed by atoms with Crippen LogP contribution in [0.5, 0.6) is 5.75 Å². The first-order valence-electron chi connectivity index (χ1n) is 12.4. The molecule has 3 unspecified atom stereocenters. The molecule has 4 aromatic rings. The number of phenols is 1. The molecule has 0 radical (unpaired) electrons. The minimum atomic E-state index is -4.57. The number of hydrogen-bond acceptors (Lipinski definition) is 4. The van der Waals surface area contributed by atoms with Gasteiger partial charge in [-0.25, -0.2) is 4.39 Å². The maximum Gasteiger partial charge on any atom is 0.356 e. The molecule has 9 heteroatoms. The van der Waals surface area contributed by atoms with Gasteiger partial charge in [0.1, 0.15) is 11.6 Å². The molecule has 1 heterocycles. The molecular formula is C30H27FNO6P. The number of aromatic hydroxyl groups is 1. The smallest absolute Gasteiger partial charge is 0.356 e. The van der Waals surface area contributed by atoms with Crippen LogP contribution in [0.15, 0.2) is 97.1 Å². The molecule has 4 aromatic carbocycles. The van der Waals surface area contributed by atoms with Crippen molar-refractivity contribution in [2.24, 2.45) is 5.92 Å². The second kappa shape index (κ2) is 10.8. The van der Waals surface area contributed by atoms with E-state index < -0.39 is 31.5 Å². The van der Waals surface area contributed by atoms with Crippen molar-refractivity contribution in [1.82, 2.24) is 0 Å². The standard InChI is InChI=1S/C30H27FNO6P/c31-21-9-6-10-22(18-21)32-29(25(30(32)35)15-16-26(33)19-7-2-1-3-8-19)24-14-13-20(17-27(24)34)23-11-4-5-12-28(23)39(36,37)38/h1-14,17-18,25-26,29,33-34H,15-16H2,(H2,36,37,38). The highest BCUT2D eigenvalue weighted by molar-refractivity contribution is 7.60. The molecule has 0 aromatic heterocycles. The molecular weight excluding hydrogens is 520 g/mol. The number of halogens is 1. The van der Waals surface area contributed by atoms with Gasteiger partial charge in [-0.2, -0.15) is 0 Å². The Kier molecular flexibility index (Phi) is 7.38. The number of benzene rings is 4. The van der Waals surface area contributed by atoms with Gasteiger partial charge in [-0.15, -0.1) is 0 Å². The Morgan fingerprint density at radius 2 is 1.62 bits per heavy atom. The number of rotatable bonds is 8. The molecule has 1 aliphatic rings. The SMILES string of the molecule is O=C1C(CCC(O)c2ccccc2)C(c2ccc(-c3ccccc3P(=O)(O)O)cc2O)N1c1cccc(F)c1. The van der Waals surface area contributed by atoms with E-state index in [1.807, 2.05) is 30.3 Å². The third kappa shape index (κ3) is 5.37. The van der Waals surface area contributed by atoms with E-state index in [0.29, 0.717) is 29.7 Å². The summed E-state index contributed by atoms with van der Waals surface area (Å²) in [5.74, 6) is -1.50. The zero-order chi connectivity index (χ0) is 27.7. The second-order valence-electron chi connectivity index (χ2n) is 9.58. The summed E-state index contributed by atoms with van der Waals surface area (Å²) in [6.45, 7) is 0. The third-order valence-electron chi connectivity index (χ3n) is 7.11. The van der Waals surface area contributed by atoms with E-state index in [-0.39, 0.29) is 22.5 Å². The highest BCUT2D eigenvalue weighted by Gasteiger charge is 2.49. The van der Waals surface area contributed by atoms with Crippen molar-refractivity contribution in [3.63, 3.8) is 0 Å². The number of β-lactam (4-membered cyclic amide) rings is 1. The lowest BCUT2D eigenvalue weighted by Gasteiger charge is -2.48. The fourth-order valence-corrected chi connectivity index (χ4v) is 6.01. The zero-order valence-electron chi connectivity index (χ0n) is 20.8. The first-order valence-corrected chi connectivity index (χ1v) is 14.1. The average molecular weight is 548 g/mol. The van der Waals surface area contributed by atoms with Gasteiger partial charge in [0, 0.05) is 11.3 Å². The van der Waals surface area contributed by atoms with Crippen LogP contribution in [-0.4, -0.2) is 25.9 Å². The Morgan fingerprint density at radius 1 is 0.897 bits per heavy atom. The quantitative estimate of drug-likeness (QED) is 0.178. The van der Waals surface area contributed by atoms with Crippen LogP contribution >= 0.6 is 7.60 Å². The van der Waals surface area contributed by atoms with Crippen molar-refractivity contribution in [1.29, 1.82) is 0 Å². The fourth-order valence-electron chi connectivity index (χ4n) is 5.21. The molecule has 4 N–H and O–H groups in total. The van der Waals surface area contributed by atoms with E-state index in [2.05, 4.69) is 0 Å². The van der Waals surface area contributed by atoms with Crippen LogP contribution in [0.3, 0.4) is 0 Å². The minimum Gasteiger partial charge on any atom is -0.508 e. The molecule has 0 bridgehead atoms. The van der Waals surface area contributed by atoms with E-state index in [0.717, 1.165) is 5.56 Å². The van der Waals surface area contributed by atoms with Crippen LogP contribution in [0.25, 0.3) is 11.1 Å². The van der Waals surface area contributed by atoms with E-state index >= 15 is 0 Å². The van der Waals surface area contributed by atoms with Crippen molar-refractivity contribution < 1.29 is 33.7 Å². The Bertz CT molecular complexity index is 1560. The molecule has 1 aliphatic heterocycles. The number of amides is 1. The maximum absolute atomic E-state index is 14.1. The number of carbonyl (C=O) groups excluding carboxylic acids is 1. The largest absolute Gasteiger partial charge is 0.508 e. The summed E-state index contributed by atoms with van der Waals surface area (Å²) in [6.07, 6.45) is -0.140. The number of phenolic OH excluding ortho intramolecular Hbond substituents is 1. The normalized spacial score (nSPS) is 18.1. The van der Waals surface area contributed by atoms with Gasteiger partial charge in [-0.05, 0) is 59.9 Å². The Morgan fingerprint density at radius 3 is 2.31 bits per heavy atom. The molecule has 200 valence electrons. The van der Waals surface area contributed by atoms with Gasteiger partial charge >= 0.3 is 7.60 Å². The fraction of sp³-hybridized carbons (Fsp3) is 0.167. The summed E-state index contributed by atoms with van der Waals surface area (Å²) in [6, 6.07) is 24.9. The van der Waals surface area contributed by atoms with Crippen LogP contribution in [0.4, 0.5) is 10.1 Å². The molecule has 3 atom stereocenters. The number of aliphatic hydroxyl groups is 1.